The van der Waals surface area contributed by atoms with E-state index < -0.39 is 5.60 Å². The van der Waals surface area contributed by atoms with Gasteiger partial charge in [-0.1, -0.05) is 6.07 Å². The first-order valence-corrected chi connectivity index (χ1v) is 7.29. The monoisotopic (exact) mass is 310 g/mol. The molecule has 0 bridgehead atoms. The first-order chi connectivity index (χ1) is 10.1. The van der Waals surface area contributed by atoms with E-state index in [1.807, 2.05) is 27.7 Å². The molecular formula is C16H26N2O4. The molecule has 1 aromatic rings. The van der Waals surface area contributed by atoms with E-state index in [0.29, 0.717) is 18.7 Å². The van der Waals surface area contributed by atoms with Crippen molar-refractivity contribution in [3.63, 3.8) is 0 Å². The van der Waals surface area contributed by atoms with Gasteiger partial charge in [-0.2, -0.15) is 0 Å². The standard InChI is InChI=1S/C16H26N2O4/c1-11(13-7-6-12(19)10-14(13)20)17-8-9-18(5)15(21)22-16(2,3)4/h6-7,10-11,17,19-20H,8-9H2,1-5H3. The van der Waals surface area contributed by atoms with E-state index in [1.54, 1.807) is 13.1 Å². The van der Waals surface area contributed by atoms with Crippen LogP contribution in [0.1, 0.15) is 39.3 Å². The number of rotatable bonds is 5. The summed E-state index contributed by atoms with van der Waals surface area (Å²) in [7, 11) is 1.68. The Labute approximate surface area is 131 Å². The summed E-state index contributed by atoms with van der Waals surface area (Å²) in [4.78, 5) is 13.3. The van der Waals surface area contributed by atoms with Crippen molar-refractivity contribution in [3.05, 3.63) is 23.8 Å². The van der Waals surface area contributed by atoms with E-state index in [1.165, 1.54) is 17.0 Å². The van der Waals surface area contributed by atoms with Gasteiger partial charge in [-0.3, -0.25) is 0 Å². The smallest absolute Gasteiger partial charge is 0.410 e. The number of phenolic OH excluding ortho intramolecular Hbond substituents is 2. The number of nitrogens with one attached hydrogen (secondary N) is 1. The summed E-state index contributed by atoms with van der Waals surface area (Å²) >= 11 is 0. The molecule has 6 nitrogen and oxygen atoms in total. The Hall–Kier alpha value is -1.95. The lowest BCUT2D eigenvalue weighted by Gasteiger charge is -2.25. The zero-order valence-electron chi connectivity index (χ0n) is 13.9. The number of benzene rings is 1. The van der Waals surface area contributed by atoms with Crippen LogP contribution in [-0.4, -0.2) is 46.9 Å². The van der Waals surface area contributed by atoms with Crippen LogP contribution in [0.4, 0.5) is 4.79 Å². The summed E-state index contributed by atoms with van der Waals surface area (Å²) in [6.45, 7) is 8.42. The van der Waals surface area contributed by atoms with Gasteiger partial charge in [0, 0.05) is 37.8 Å². The van der Waals surface area contributed by atoms with Crippen LogP contribution in [0.2, 0.25) is 0 Å². The van der Waals surface area contributed by atoms with Crippen LogP contribution in [0.15, 0.2) is 18.2 Å². The van der Waals surface area contributed by atoms with E-state index in [2.05, 4.69) is 5.32 Å². The van der Waals surface area contributed by atoms with Crippen molar-refractivity contribution in [2.24, 2.45) is 0 Å². The molecule has 1 amide bonds. The van der Waals surface area contributed by atoms with Crippen molar-refractivity contribution < 1.29 is 19.7 Å². The number of aromatic hydroxyl groups is 2. The minimum atomic E-state index is -0.510. The number of nitrogens with zero attached hydrogens (tertiary/aromatic N) is 1. The average Bonchev–Trinajstić information content (AvgIpc) is 2.36. The van der Waals surface area contributed by atoms with Gasteiger partial charge in [0.2, 0.25) is 0 Å². The van der Waals surface area contributed by atoms with Crippen LogP contribution in [0.3, 0.4) is 0 Å². The predicted octanol–water partition coefficient (Wildman–Crippen LogP) is 2.62. The number of hydrogen-bond acceptors (Lipinski definition) is 5. The highest BCUT2D eigenvalue weighted by atomic mass is 16.6. The van der Waals surface area contributed by atoms with Gasteiger partial charge >= 0.3 is 6.09 Å². The number of ether oxygens (including phenoxy) is 1. The Kier molecular flexibility index (Phi) is 6.05. The molecule has 0 aliphatic rings. The summed E-state index contributed by atoms with van der Waals surface area (Å²) in [6.07, 6.45) is -0.366. The molecule has 22 heavy (non-hydrogen) atoms. The molecule has 1 aromatic carbocycles. The molecule has 0 saturated heterocycles. The van der Waals surface area contributed by atoms with Crippen molar-refractivity contribution in [1.29, 1.82) is 0 Å². The zero-order chi connectivity index (χ0) is 16.9. The lowest BCUT2D eigenvalue weighted by atomic mass is 10.1. The van der Waals surface area contributed by atoms with Gasteiger partial charge in [0.25, 0.3) is 0 Å². The number of phenols is 2. The highest BCUT2D eigenvalue weighted by Crippen LogP contribution is 2.27. The van der Waals surface area contributed by atoms with E-state index in [0.717, 1.165) is 0 Å². The molecule has 0 fully saturated rings. The van der Waals surface area contributed by atoms with Gasteiger partial charge in [-0.25, -0.2) is 4.79 Å². The third-order valence-electron chi connectivity index (χ3n) is 3.08. The van der Waals surface area contributed by atoms with Crippen molar-refractivity contribution in [2.75, 3.05) is 20.1 Å². The Morgan fingerprint density at radius 2 is 2.00 bits per heavy atom. The fourth-order valence-corrected chi connectivity index (χ4v) is 1.89. The van der Waals surface area contributed by atoms with E-state index in [-0.39, 0.29) is 23.6 Å². The SMILES string of the molecule is CC(NCCN(C)C(=O)OC(C)(C)C)c1ccc(O)cc1O. The fraction of sp³-hybridized carbons (Fsp3) is 0.562. The Balaban J connectivity index is 2.44. The molecule has 124 valence electrons. The molecule has 0 heterocycles. The molecule has 1 unspecified atom stereocenters. The van der Waals surface area contributed by atoms with Crippen LogP contribution < -0.4 is 5.32 Å². The second-order valence-electron chi connectivity index (χ2n) is 6.32. The van der Waals surface area contributed by atoms with Crippen LogP contribution in [0.5, 0.6) is 11.5 Å². The highest BCUT2D eigenvalue weighted by Gasteiger charge is 2.19. The Morgan fingerprint density at radius 3 is 2.55 bits per heavy atom. The normalized spacial score (nSPS) is 12.8. The lowest BCUT2D eigenvalue weighted by Crippen LogP contribution is -2.38. The Morgan fingerprint density at radius 1 is 1.36 bits per heavy atom. The molecule has 6 heteroatoms. The van der Waals surface area contributed by atoms with E-state index in [4.69, 9.17) is 4.74 Å². The first kappa shape index (κ1) is 18.1. The number of likely N-dealkylation sites (N-methyl/N-ethyl adjacent to an activating group) is 1. The van der Waals surface area contributed by atoms with Crippen molar-refractivity contribution in [1.82, 2.24) is 10.2 Å². The minimum absolute atomic E-state index is 0.0260. The van der Waals surface area contributed by atoms with Gasteiger partial charge in [0.1, 0.15) is 17.1 Å². The minimum Gasteiger partial charge on any atom is -0.508 e. The van der Waals surface area contributed by atoms with Gasteiger partial charge in [-0.05, 0) is 33.8 Å². The second kappa shape index (κ2) is 7.35. The van der Waals surface area contributed by atoms with Gasteiger partial charge < -0.3 is 25.2 Å². The molecule has 0 aromatic heterocycles. The van der Waals surface area contributed by atoms with Crippen molar-refractivity contribution in [3.8, 4) is 11.5 Å². The van der Waals surface area contributed by atoms with E-state index in [9.17, 15) is 15.0 Å². The van der Waals surface area contributed by atoms with Crippen LogP contribution in [0.25, 0.3) is 0 Å². The number of carbonyl (C=O) groups excluding carboxylic acids is 1. The summed E-state index contributed by atoms with van der Waals surface area (Å²) in [6, 6.07) is 4.40. The van der Waals surface area contributed by atoms with Crippen molar-refractivity contribution in [2.45, 2.75) is 39.3 Å². The molecule has 0 spiro atoms. The molecule has 3 N–H and O–H groups in total. The van der Waals surface area contributed by atoms with Gasteiger partial charge in [0.15, 0.2) is 0 Å². The number of hydrogen-bond donors (Lipinski definition) is 3. The quantitative estimate of drug-likeness (QED) is 0.779. The maximum absolute atomic E-state index is 11.8. The van der Waals surface area contributed by atoms with Crippen LogP contribution in [0, 0.1) is 0 Å². The lowest BCUT2D eigenvalue weighted by molar-refractivity contribution is 0.0299. The molecule has 1 atom stereocenters. The molecule has 0 aliphatic carbocycles. The molecule has 0 aliphatic heterocycles. The third kappa shape index (κ3) is 5.81. The third-order valence-corrected chi connectivity index (χ3v) is 3.08. The highest BCUT2D eigenvalue weighted by molar-refractivity contribution is 5.67. The predicted molar refractivity (Wildman–Crippen MR) is 85.1 cm³/mol. The fourth-order valence-electron chi connectivity index (χ4n) is 1.89. The Bertz CT molecular complexity index is 511. The van der Waals surface area contributed by atoms with Gasteiger partial charge in [0.05, 0.1) is 0 Å². The number of amides is 1. The summed E-state index contributed by atoms with van der Waals surface area (Å²) < 4.78 is 5.27. The number of carbonyl (C=O) groups is 1. The van der Waals surface area contributed by atoms with Crippen molar-refractivity contribution >= 4 is 6.09 Å². The van der Waals surface area contributed by atoms with E-state index >= 15 is 0 Å². The first-order valence-electron chi connectivity index (χ1n) is 7.29. The average molecular weight is 310 g/mol. The molecule has 1 rings (SSSR count). The molecule has 0 radical (unpaired) electrons. The molecular weight excluding hydrogens is 284 g/mol. The zero-order valence-corrected chi connectivity index (χ0v) is 13.9. The topological polar surface area (TPSA) is 82.0 Å². The maximum atomic E-state index is 11.8. The van der Waals surface area contributed by atoms with Crippen LogP contribution in [-0.2, 0) is 4.74 Å². The van der Waals surface area contributed by atoms with Gasteiger partial charge in [-0.15, -0.1) is 0 Å². The second-order valence-corrected chi connectivity index (χ2v) is 6.32. The molecule has 0 saturated carbocycles. The van der Waals surface area contributed by atoms with Crippen LogP contribution >= 0.6 is 0 Å². The largest absolute Gasteiger partial charge is 0.508 e. The summed E-state index contributed by atoms with van der Waals surface area (Å²) in [5.74, 6) is 0.0682. The summed E-state index contributed by atoms with van der Waals surface area (Å²) in [5.41, 5.74) is 0.182. The summed E-state index contributed by atoms with van der Waals surface area (Å²) in [5, 5.41) is 22.3. The maximum Gasteiger partial charge on any atom is 0.410 e.